The van der Waals surface area contributed by atoms with Gasteiger partial charge in [0.1, 0.15) is 18.4 Å². The van der Waals surface area contributed by atoms with Crippen LogP contribution in [0.1, 0.15) is 31.9 Å². The van der Waals surface area contributed by atoms with Crippen LogP contribution in [-0.4, -0.2) is 43.3 Å². The van der Waals surface area contributed by atoms with Gasteiger partial charge in [-0.25, -0.2) is 12.8 Å². The summed E-state index contributed by atoms with van der Waals surface area (Å²) in [4.78, 5) is 29.5. The molecule has 7 nitrogen and oxygen atoms in total. The Hall–Kier alpha value is -4.21. The Morgan fingerprint density at radius 3 is 2.02 bits per heavy atom. The molecule has 0 aliphatic heterocycles. The van der Waals surface area contributed by atoms with Gasteiger partial charge in [-0.2, -0.15) is 0 Å². The van der Waals surface area contributed by atoms with E-state index in [9.17, 15) is 18.0 Å². The van der Waals surface area contributed by atoms with Crippen molar-refractivity contribution in [2.45, 2.75) is 50.2 Å². The van der Waals surface area contributed by atoms with E-state index in [0.29, 0.717) is 10.6 Å². The van der Waals surface area contributed by atoms with Crippen molar-refractivity contribution in [3.63, 3.8) is 0 Å². The van der Waals surface area contributed by atoms with Crippen molar-refractivity contribution < 1.29 is 22.4 Å². The number of para-hydroxylation sites is 1. The molecule has 0 saturated carbocycles. The number of carbonyl (C=O) groups is 2. The maximum Gasteiger partial charge on any atom is 0.264 e. The van der Waals surface area contributed by atoms with Crippen LogP contribution >= 0.6 is 11.6 Å². The molecule has 0 fully saturated rings. The van der Waals surface area contributed by atoms with E-state index in [4.69, 9.17) is 11.6 Å². The number of benzene rings is 4. The lowest BCUT2D eigenvalue weighted by atomic mass is 10.0. The number of sulfonamides is 1. The van der Waals surface area contributed by atoms with E-state index < -0.39 is 45.8 Å². The molecule has 0 unspecified atom stereocenters. The van der Waals surface area contributed by atoms with Gasteiger partial charge in [0.05, 0.1) is 10.6 Å². The molecular formula is C34H35ClFN3O4S. The molecule has 0 spiro atoms. The molecule has 0 bridgehead atoms. The summed E-state index contributed by atoms with van der Waals surface area (Å²) in [5.41, 5.74) is 0.441. The molecule has 4 rings (SSSR count). The Bertz CT molecular complexity index is 1700. The van der Waals surface area contributed by atoms with Crippen LogP contribution in [0.15, 0.2) is 114 Å². The summed E-state index contributed by atoms with van der Waals surface area (Å²) < 4.78 is 43.8. The van der Waals surface area contributed by atoms with Crippen LogP contribution in [-0.2, 0) is 32.6 Å². The minimum Gasteiger partial charge on any atom is -0.350 e. The van der Waals surface area contributed by atoms with Gasteiger partial charge in [-0.1, -0.05) is 90.5 Å². The third-order valence-electron chi connectivity index (χ3n) is 6.80. The number of rotatable bonds is 11. The highest BCUT2D eigenvalue weighted by Gasteiger charge is 2.36. The number of carbonyl (C=O) groups excluding carboxylic acids is 2. The van der Waals surface area contributed by atoms with Gasteiger partial charge in [0.2, 0.25) is 11.8 Å². The average Bonchev–Trinajstić information content (AvgIpc) is 2.99. The lowest BCUT2D eigenvalue weighted by Gasteiger charge is -2.35. The highest BCUT2D eigenvalue weighted by atomic mass is 35.5. The van der Waals surface area contributed by atoms with Crippen molar-refractivity contribution in [3.05, 3.63) is 131 Å². The van der Waals surface area contributed by atoms with Gasteiger partial charge >= 0.3 is 0 Å². The summed E-state index contributed by atoms with van der Waals surface area (Å²) in [5.74, 6) is -1.95. The van der Waals surface area contributed by atoms with E-state index >= 15 is 4.39 Å². The second-order valence-electron chi connectivity index (χ2n) is 11.3. The number of anilines is 1. The number of halogens is 2. The molecule has 4 aromatic carbocycles. The van der Waals surface area contributed by atoms with Crippen molar-refractivity contribution in [1.82, 2.24) is 10.2 Å². The average molecular weight is 636 g/mol. The first-order valence-corrected chi connectivity index (χ1v) is 15.9. The largest absolute Gasteiger partial charge is 0.350 e. The Morgan fingerprint density at radius 1 is 0.841 bits per heavy atom. The van der Waals surface area contributed by atoms with E-state index in [-0.39, 0.29) is 23.5 Å². The molecule has 0 heterocycles. The van der Waals surface area contributed by atoms with Crippen LogP contribution < -0.4 is 9.62 Å². The first-order chi connectivity index (χ1) is 20.9. The topological polar surface area (TPSA) is 86.8 Å². The van der Waals surface area contributed by atoms with Gasteiger partial charge in [-0.3, -0.25) is 13.9 Å². The van der Waals surface area contributed by atoms with Crippen molar-refractivity contribution in [3.8, 4) is 0 Å². The summed E-state index contributed by atoms with van der Waals surface area (Å²) in [6.07, 6.45) is 0.143. The Balaban J connectivity index is 1.83. The summed E-state index contributed by atoms with van der Waals surface area (Å²) in [6, 6.07) is 27.9. The van der Waals surface area contributed by atoms with Gasteiger partial charge in [-0.15, -0.1) is 0 Å². The molecule has 1 atom stereocenters. The first-order valence-electron chi connectivity index (χ1n) is 14.1. The van der Waals surface area contributed by atoms with Crippen molar-refractivity contribution in [1.29, 1.82) is 0 Å². The Morgan fingerprint density at radius 2 is 1.41 bits per heavy atom. The molecular weight excluding hydrogens is 601 g/mol. The Kier molecular flexibility index (Phi) is 10.4. The highest BCUT2D eigenvalue weighted by molar-refractivity contribution is 7.92. The summed E-state index contributed by atoms with van der Waals surface area (Å²) in [6.45, 7) is 4.63. The summed E-state index contributed by atoms with van der Waals surface area (Å²) >= 11 is 6.50. The van der Waals surface area contributed by atoms with Gasteiger partial charge in [0.25, 0.3) is 10.0 Å². The molecule has 44 heavy (non-hydrogen) atoms. The molecule has 0 aromatic heterocycles. The summed E-state index contributed by atoms with van der Waals surface area (Å²) in [7, 11) is -4.40. The molecule has 0 aliphatic rings. The van der Waals surface area contributed by atoms with Gasteiger partial charge in [-0.05, 0) is 62.2 Å². The standard InChI is InChI=1S/C34H35ClFN3O4S/c1-34(2,3)37-33(41)31(22-25-14-6-4-7-15-25)38(23-26-16-10-11-19-28(26)35)32(40)24-39(30-21-13-12-20-29(30)36)44(42,43)27-17-8-5-9-18-27/h4-21,31H,22-24H2,1-3H3,(H,37,41)/t31-/m1/s1. The van der Waals surface area contributed by atoms with Crippen LogP contribution in [0.4, 0.5) is 10.1 Å². The molecule has 0 aliphatic carbocycles. The van der Waals surface area contributed by atoms with Crippen LogP contribution in [0.25, 0.3) is 0 Å². The lowest BCUT2D eigenvalue weighted by molar-refractivity contribution is -0.140. The molecule has 4 aromatic rings. The van der Waals surface area contributed by atoms with Crippen molar-refractivity contribution in [2.75, 3.05) is 10.8 Å². The fraction of sp³-hybridized carbons (Fsp3) is 0.235. The maximum atomic E-state index is 15.2. The monoisotopic (exact) mass is 635 g/mol. The van der Waals surface area contributed by atoms with E-state index in [1.54, 1.807) is 42.5 Å². The molecule has 2 amide bonds. The molecule has 1 N–H and O–H groups in total. The number of amides is 2. The Labute approximate surface area is 263 Å². The predicted octanol–water partition coefficient (Wildman–Crippen LogP) is 6.23. The highest BCUT2D eigenvalue weighted by Crippen LogP contribution is 2.28. The van der Waals surface area contributed by atoms with Crippen LogP contribution in [0.2, 0.25) is 5.02 Å². The zero-order valence-corrected chi connectivity index (χ0v) is 26.4. The van der Waals surface area contributed by atoms with E-state index in [2.05, 4.69) is 5.32 Å². The quantitative estimate of drug-likeness (QED) is 0.212. The van der Waals surface area contributed by atoms with E-state index in [0.717, 1.165) is 15.9 Å². The third-order valence-corrected chi connectivity index (χ3v) is 8.94. The maximum absolute atomic E-state index is 15.2. The second kappa shape index (κ2) is 14.1. The van der Waals surface area contributed by atoms with Gasteiger partial charge in [0, 0.05) is 23.5 Å². The minimum absolute atomic E-state index is 0.0932. The minimum atomic E-state index is -4.40. The van der Waals surface area contributed by atoms with E-state index in [1.165, 1.54) is 35.2 Å². The lowest BCUT2D eigenvalue weighted by Crippen LogP contribution is -2.56. The fourth-order valence-electron chi connectivity index (χ4n) is 4.70. The fourth-order valence-corrected chi connectivity index (χ4v) is 6.34. The predicted molar refractivity (Wildman–Crippen MR) is 171 cm³/mol. The molecule has 230 valence electrons. The SMILES string of the molecule is CC(C)(C)NC(=O)[C@@H](Cc1ccccc1)N(Cc1ccccc1Cl)C(=O)CN(c1ccccc1F)S(=O)(=O)c1ccccc1. The van der Waals surface area contributed by atoms with E-state index in [1.807, 2.05) is 51.1 Å². The van der Waals surface area contributed by atoms with Crippen LogP contribution in [0.3, 0.4) is 0 Å². The van der Waals surface area contributed by atoms with Gasteiger partial charge < -0.3 is 10.2 Å². The first kappa shape index (κ1) is 32.7. The van der Waals surface area contributed by atoms with Gasteiger partial charge in [0.15, 0.2) is 0 Å². The van der Waals surface area contributed by atoms with Crippen molar-refractivity contribution in [2.24, 2.45) is 0 Å². The number of hydrogen-bond acceptors (Lipinski definition) is 4. The molecule has 10 heteroatoms. The normalized spacial score (nSPS) is 12.3. The zero-order chi connectivity index (χ0) is 31.9. The zero-order valence-electron chi connectivity index (χ0n) is 24.8. The number of nitrogens with zero attached hydrogens (tertiary/aromatic N) is 2. The van der Waals surface area contributed by atoms with Crippen LogP contribution in [0.5, 0.6) is 0 Å². The molecule has 0 saturated heterocycles. The van der Waals surface area contributed by atoms with Crippen LogP contribution in [0, 0.1) is 5.82 Å². The molecule has 0 radical (unpaired) electrons. The van der Waals surface area contributed by atoms with Crippen molar-refractivity contribution >= 4 is 39.1 Å². The second-order valence-corrected chi connectivity index (χ2v) is 13.6. The third kappa shape index (κ3) is 8.24. The number of hydrogen-bond donors (Lipinski definition) is 1. The number of nitrogens with one attached hydrogen (secondary N) is 1. The summed E-state index contributed by atoms with van der Waals surface area (Å²) in [5, 5.41) is 3.35. The smallest absolute Gasteiger partial charge is 0.264 e.